The van der Waals surface area contributed by atoms with Gasteiger partial charge in [-0.3, -0.25) is 0 Å². The molecule has 22 heavy (non-hydrogen) atoms. The molecule has 0 amide bonds. The van der Waals surface area contributed by atoms with Gasteiger partial charge in [0.2, 0.25) is 0 Å². The van der Waals surface area contributed by atoms with Gasteiger partial charge in [-0.2, -0.15) is 13.2 Å². The van der Waals surface area contributed by atoms with Gasteiger partial charge in [0.05, 0.1) is 10.6 Å². The standard InChI is InChI=1S/C14H9ClF3NO3/c15-10-2-1-9(14(16,17)18)6-12(10)22-7-8-3-4-19-11(5-8)13(20)21/h1-6H,7H2,(H,20,21). The summed E-state index contributed by atoms with van der Waals surface area (Å²) in [6, 6.07) is 5.50. The summed E-state index contributed by atoms with van der Waals surface area (Å²) >= 11 is 5.80. The molecule has 1 heterocycles. The van der Waals surface area contributed by atoms with Gasteiger partial charge in [0, 0.05) is 6.20 Å². The average Bonchev–Trinajstić information content (AvgIpc) is 2.45. The van der Waals surface area contributed by atoms with Crippen LogP contribution in [-0.2, 0) is 12.8 Å². The van der Waals surface area contributed by atoms with Crippen molar-refractivity contribution in [3.05, 3.63) is 58.4 Å². The van der Waals surface area contributed by atoms with Crippen molar-refractivity contribution >= 4 is 17.6 Å². The molecule has 8 heteroatoms. The molecule has 1 aromatic carbocycles. The number of benzene rings is 1. The second kappa shape index (κ2) is 6.23. The zero-order valence-electron chi connectivity index (χ0n) is 10.9. The molecular weight excluding hydrogens is 323 g/mol. The first-order chi connectivity index (χ1) is 10.3. The van der Waals surface area contributed by atoms with Crippen LogP contribution in [0.2, 0.25) is 5.02 Å². The van der Waals surface area contributed by atoms with Crippen molar-refractivity contribution < 1.29 is 27.8 Å². The lowest BCUT2D eigenvalue weighted by atomic mass is 10.2. The monoisotopic (exact) mass is 331 g/mol. The van der Waals surface area contributed by atoms with Crippen molar-refractivity contribution in [3.63, 3.8) is 0 Å². The highest BCUT2D eigenvalue weighted by molar-refractivity contribution is 6.32. The molecule has 2 aromatic rings. The van der Waals surface area contributed by atoms with Crippen LogP contribution in [0.25, 0.3) is 0 Å². The van der Waals surface area contributed by atoms with Crippen LogP contribution >= 0.6 is 11.6 Å². The van der Waals surface area contributed by atoms with Gasteiger partial charge in [-0.05, 0) is 35.9 Å². The number of hydrogen-bond donors (Lipinski definition) is 1. The molecule has 0 radical (unpaired) electrons. The number of alkyl halides is 3. The lowest BCUT2D eigenvalue weighted by molar-refractivity contribution is -0.137. The Kier molecular flexibility index (Phi) is 4.56. The summed E-state index contributed by atoms with van der Waals surface area (Å²) in [4.78, 5) is 14.4. The number of nitrogens with zero attached hydrogens (tertiary/aromatic N) is 1. The normalized spacial score (nSPS) is 11.3. The highest BCUT2D eigenvalue weighted by atomic mass is 35.5. The van der Waals surface area contributed by atoms with Crippen molar-refractivity contribution in [1.29, 1.82) is 0 Å². The van der Waals surface area contributed by atoms with E-state index in [-0.39, 0.29) is 23.1 Å². The van der Waals surface area contributed by atoms with E-state index in [0.717, 1.165) is 18.2 Å². The van der Waals surface area contributed by atoms with Crippen LogP contribution in [0.15, 0.2) is 36.5 Å². The number of carboxylic acids is 1. The third-order valence-corrected chi connectivity index (χ3v) is 3.01. The molecule has 4 nitrogen and oxygen atoms in total. The number of carboxylic acid groups (broad SMARTS) is 1. The van der Waals surface area contributed by atoms with Crippen LogP contribution in [-0.4, -0.2) is 16.1 Å². The molecule has 0 unspecified atom stereocenters. The van der Waals surface area contributed by atoms with Crippen LogP contribution in [0, 0.1) is 0 Å². The number of halogens is 4. The summed E-state index contributed by atoms with van der Waals surface area (Å²) < 4.78 is 43.1. The van der Waals surface area contributed by atoms with E-state index < -0.39 is 17.7 Å². The van der Waals surface area contributed by atoms with Crippen LogP contribution in [0.5, 0.6) is 5.75 Å². The van der Waals surface area contributed by atoms with Gasteiger partial charge >= 0.3 is 12.1 Å². The lowest BCUT2D eigenvalue weighted by Crippen LogP contribution is -2.06. The van der Waals surface area contributed by atoms with E-state index in [1.54, 1.807) is 0 Å². The maximum Gasteiger partial charge on any atom is 0.416 e. The minimum atomic E-state index is -4.50. The van der Waals surface area contributed by atoms with E-state index in [1.165, 1.54) is 18.3 Å². The Balaban J connectivity index is 2.18. The van der Waals surface area contributed by atoms with Crippen LogP contribution in [0.3, 0.4) is 0 Å². The second-order valence-electron chi connectivity index (χ2n) is 4.29. The third-order valence-electron chi connectivity index (χ3n) is 2.70. The zero-order valence-corrected chi connectivity index (χ0v) is 11.6. The molecule has 116 valence electrons. The molecule has 0 aliphatic carbocycles. The van der Waals surface area contributed by atoms with E-state index in [1.807, 2.05) is 0 Å². The first-order valence-corrected chi connectivity index (χ1v) is 6.33. The number of aromatic carboxylic acids is 1. The molecule has 0 aliphatic heterocycles. The fourth-order valence-corrected chi connectivity index (χ4v) is 1.80. The maximum absolute atomic E-state index is 12.6. The summed E-state index contributed by atoms with van der Waals surface area (Å²) in [7, 11) is 0. The number of ether oxygens (including phenoxy) is 1. The highest BCUT2D eigenvalue weighted by Gasteiger charge is 2.31. The Bertz CT molecular complexity index is 704. The van der Waals surface area contributed by atoms with Gasteiger partial charge in [-0.1, -0.05) is 11.6 Å². The predicted octanol–water partition coefficient (Wildman–Crippen LogP) is 4.03. The van der Waals surface area contributed by atoms with Gasteiger partial charge in [0.15, 0.2) is 0 Å². The second-order valence-corrected chi connectivity index (χ2v) is 4.69. The van der Waals surface area contributed by atoms with Crippen molar-refractivity contribution in [2.45, 2.75) is 12.8 Å². The lowest BCUT2D eigenvalue weighted by Gasteiger charge is -2.12. The molecule has 0 spiro atoms. The fraction of sp³-hybridized carbons (Fsp3) is 0.143. The fourth-order valence-electron chi connectivity index (χ4n) is 1.63. The van der Waals surface area contributed by atoms with E-state index in [9.17, 15) is 18.0 Å². The molecule has 0 atom stereocenters. The maximum atomic E-state index is 12.6. The molecule has 0 saturated carbocycles. The Labute approximate surface area is 128 Å². The summed E-state index contributed by atoms with van der Waals surface area (Å²) in [5.74, 6) is -1.34. The SMILES string of the molecule is O=C(O)c1cc(COc2cc(C(F)(F)F)ccc2Cl)ccn1. The Morgan fingerprint density at radius 3 is 2.64 bits per heavy atom. The number of hydrogen-bond acceptors (Lipinski definition) is 3. The summed E-state index contributed by atoms with van der Waals surface area (Å²) in [6.45, 7) is -0.135. The molecular formula is C14H9ClF3NO3. The van der Waals surface area contributed by atoms with Gasteiger partial charge < -0.3 is 9.84 Å². The number of carbonyl (C=O) groups is 1. The van der Waals surface area contributed by atoms with Gasteiger partial charge in [0.1, 0.15) is 18.1 Å². The molecule has 0 saturated heterocycles. The molecule has 0 aliphatic rings. The van der Waals surface area contributed by atoms with Gasteiger partial charge in [-0.15, -0.1) is 0 Å². The van der Waals surface area contributed by atoms with Crippen LogP contribution in [0.1, 0.15) is 21.6 Å². The van der Waals surface area contributed by atoms with E-state index in [4.69, 9.17) is 21.4 Å². The topological polar surface area (TPSA) is 59.4 Å². The largest absolute Gasteiger partial charge is 0.487 e. The van der Waals surface area contributed by atoms with Crippen molar-refractivity contribution in [2.75, 3.05) is 0 Å². The minimum absolute atomic E-state index is 0.0283. The Morgan fingerprint density at radius 1 is 1.27 bits per heavy atom. The van der Waals surface area contributed by atoms with Crippen molar-refractivity contribution in [1.82, 2.24) is 4.98 Å². The van der Waals surface area contributed by atoms with Crippen molar-refractivity contribution in [3.8, 4) is 5.75 Å². The summed E-state index contributed by atoms with van der Waals surface area (Å²) in [5.41, 5.74) is -0.620. The minimum Gasteiger partial charge on any atom is -0.487 e. The molecule has 0 bridgehead atoms. The summed E-state index contributed by atoms with van der Waals surface area (Å²) in [6.07, 6.45) is -3.23. The predicted molar refractivity (Wildman–Crippen MR) is 72.0 cm³/mol. The van der Waals surface area contributed by atoms with E-state index in [2.05, 4.69) is 4.98 Å². The van der Waals surface area contributed by atoms with E-state index >= 15 is 0 Å². The average molecular weight is 332 g/mol. The van der Waals surface area contributed by atoms with Crippen LogP contribution < -0.4 is 4.74 Å². The quantitative estimate of drug-likeness (QED) is 0.919. The zero-order chi connectivity index (χ0) is 16.3. The number of rotatable bonds is 4. The molecule has 1 N–H and O–H groups in total. The van der Waals surface area contributed by atoms with Gasteiger partial charge in [0.25, 0.3) is 0 Å². The first-order valence-electron chi connectivity index (χ1n) is 5.95. The smallest absolute Gasteiger partial charge is 0.416 e. The Hall–Kier alpha value is -2.28. The summed E-state index contributed by atoms with van der Waals surface area (Å²) in [5, 5.41) is 8.84. The number of aromatic nitrogens is 1. The highest BCUT2D eigenvalue weighted by Crippen LogP contribution is 2.35. The first kappa shape index (κ1) is 16.1. The van der Waals surface area contributed by atoms with Crippen molar-refractivity contribution in [2.24, 2.45) is 0 Å². The van der Waals surface area contributed by atoms with E-state index in [0.29, 0.717) is 5.56 Å². The van der Waals surface area contributed by atoms with Crippen LogP contribution in [0.4, 0.5) is 13.2 Å². The third kappa shape index (κ3) is 3.88. The molecule has 2 rings (SSSR count). The molecule has 1 aromatic heterocycles. The van der Waals surface area contributed by atoms with Gasteiger partial charge in [-0.25, -0.2) is 9.78 Å². The Morgan fingerprint density at radius 2 is 2.00 bits per heavy atom. The number of pyridine rings is 1. The molecule has 0 fully saturated rings.